The summed E-state index contributed by atoms with van der Waals surface area (Å²) in [6.45, 7) is 6.52. The van der Waals surface area contributed by atoms with Crippen molar-refractivity contribution in [3.05, 3.63) is 71.8 Å². The number of imidazole rings is 1. The van der Waals surface area contributed by atoms with Crippen molar-refractivity contribution in [1.29, 1.82) is 0 Å². The van der Waals surface area contributed by atoms with Gasteiger partial charge in [-0.15, -0.1) is 0 Å². The van der Waals surface area contributed by atoms with Gasteiger partial charge in [0, 0.05) is 25.7 Å². The van der Waals surface area contributed by atoms with Crippen molar-refractivity contribution < 1.29 is 18.2 Å². The summed E-state index contributed by atoms with van der Waals surface area (Å²) in [5.74, 6) is -0.742. The lowest BCUT2D eigenvalue weighted by Crippen LogP contribution is -2.53. The summed E-state index contributed by atoms with van der Waals surface area (Å²) >= 11 is 0. The molecule has 190 valence electrons. The lowest BCUT2D eigenvalue weighted by atomic mass is 9.86. The third-order valence-corrected chi connectivity index (χ3v) is 7.62. The molecule has 2 aromatic carbocycles. The predicted molar refractivity (Wildman–Crippen MR) is 136 cm³/mol. The molecule has 1 aliphatic rings. The SMILES string of the molecule is CNC(=O)[C@@H](NC(=O)c1nc(-c2ccccc2)n2c1CN(S(=O)c1ccccc1F)CC2)C(C)(C)C. The van der Waals surface area contributed by atoms with Gasteiger partial charge in [-0.3, -0.25) is 9.59 Å². The van der Waals surface area contributed by atoms with Gasteiger partial charge in [0.1, 0.15) is 28.7 Å². The molecule has 3 aromatic rings. The Morgan fingerprint density at radius 1 is 1.06 bits per heavy atom. The summed E-state index contributed by atoms with van der Waals surface area (Å²) in [7, 11) is -0.235. The summed E-state index contributed by atoms with van der Waals surface area (Å²) in [4.78, 5) is 30.8. The maximum absolute atomic E-state index is 14.3. The number of nitrogens with zero attached hydrogens (tertiary/aromatic N) is 3. The highest BCUT2D eigenvalue weighted by atomic mass is 32.2. The molecule has 36 heavy (non-hydrogen) atoms. The van der Waals surface area contributed by atoms with E-state index in [1.165, 1.54) is 19.2 Å². The van der Waals surface area contributed by atoms with Crippen molar-refractivity contribution in [2.24, 2.45) is 5.41 Å². The number of carbonyl (C=O) groups is 2. The minimum absolute atomic E-state index is 0.0900. The highest BCUT2D eigenvalue weighted by Crippen LogP contribution is 2.29. The standard InChI is InChI=1S/C26H30FN5O3S/c1-26(2,3)22(25(34)28-4)30-24(33)21-19-16-31(36(35)20-13-9-8-12-18(20)27)14-15-32(19)23(29-21)17-10-6-5-7-11-17/h5-13,22H,14-16H2,1-4H3,(H,28,34)(H,30,33)/t22-,36?/m1/s1. The Balaban J connectivity index is 1.73. The van der Waals surface area contributed by atoms with Gasteiger partial charge in [-0.2, -0.15) is 0 Å². The smallest absolute Gasteiger partial charge is 0.272 e. The molecular formula is C26H30FN5O3S. The number of nitrogens with one attached hydrogen (secondary N) is 2. The molecule has 2 heterocycles. The highest BCUT2D eigenvalue weighted by molar-refractivity contribution is 7.82. The van der Waals surface area contributed by atoms with Crippen molar-refractivity contribution in [2.75, 3.05) is 13.6 Å². The van der Waals surface area contributed by atoms with Crippen molar-refractivity contribution in [3.8, 4) is 11.4 Å². The fraction of sp³-hybridized carbons (Fsp3) is 0.346. The Morgan fingerprint density at radius 2 is 1.72 bits per heavy atom. The van der Waals surface area contributed by atoms with E-state index in [1.807, 2.05) is 55.7 Å². The number of rotatable bonds is 6. The maximum atomic E-state index is 14.3. The first-order valence-corrected chi connectivity index (χ1v) is 12.8. The van der Waals surface area contributed by atoms with Gasteiger partial charge in [-0.1, -0.05) is 63.2 Å². The number of likely N-dealkylation sites (N-methyl/N-ethyl adjacent to an activating group) is 1. The van der Waals surface area contributed by atoms with E-state index in [0.29, 0.717) is 24.6 Å². The van der Waals surface area contributed by atoms with Crippen LogP contribution in [-0.4, -0.2) is 49.5 Å². The number of carbonyl (C=O) groups excluding carboxylic acids is 2. The Kier molecular flexibility index (Phi) is 7.37. The van der Waals surface area contributed by atoms with Crippen LogP contribution in [0.15, 0.2) is 59.5 Å². The van der Waals surface area contributed by atoms with E-state index in [4.69, 9.17) is 0 Å². The van der Waals surface area contributed by atoms with E-state index in [-0.39, 0.29) is 23.0 Å². The fourth-order valence-corrected chi connectivity index (χ4v) is 5.42. The van der Waals surface area contributed by atoms with Gasteiger partial charge < -0.3 is 15.2 Å². The Hall–Kier alpha value is -3.37. The normalized spacial score (nSPS) is 15.6. The summed E-state index contributed by atoms with van der Waals surface area (Å²) in [5, 5.41) is 5.45. The second kappa shape index (κ2) is 10.3. The molecule has 0 spiro atoms. The largest absolute Gasteiger partial charge is 0.357 e. The quantitative estimate of drug-likeness (QED) is 0.532. The molecule has 1 aliphatic heterocycles. The molecule has 0 saturated carbocycles. The van der Waals surface area contributed by atoms with Crippen LogP contribution in [0.1, 0.15) is 37.0 Å². The third kappa shape index (κ3) is 5.10. The molecule has 2 N–H and O–H groups in total. The molecule has 1 unspecified atom stereocenters. The van der Waals surface area contributed by atoms with Gasteiger partial charge in [0.25, 0.3) is 5.91 Å². The molecule has 0 aliphatic carbocycles. The predicted octanol–water partition coefficient (Wildman–Crippen LogP) is 3.12. The van der Waals surface area contributed by atoms with E-state index >= 15 is 0 Å². The summed E-state index contributed by atoms with van der Waals surface area (Å²) < 4.78 is 31.2. The van der Waals surface area contributed by atoms with Crippen LogP contribution >= 0.6 is 0 Å². The number of amides is 2. The van der Waals surface area contributed by atoms with Gasteiger partial charge >= 0.3 is 0 Å². The van der Waals surface area contributed by atoms with Gasteiger partial charge in [0.2, 0.25) is 5.91 Å². The van der Waals surface area contributed by atoms with Gasteiger partial charge in [0.15, 0.2) is 5.69 Å². The topological polar surface area (TPSA) is 96.3 Å². The van der Waals surface area contributed by atoms with Crippen LogP contribution in [0.5, 0.6) is 0 Å². The van der Waals surface area contributed by atoms with Crippen molar-refractivity contribution in [1.82, 2.24) is 24.5 Å². The first-order chi connectivity index (χ1) is 17.1. The summed E-state index contributed by atoms with van der Waals surface area (Å²) in [6.07, 6.45) is 0. The minimum atomic E-state index is -1.76. The average molecular weight is 512 g/mol. The number of benzene rings is 2. The van der Waals surface area contributed by atoms with Crippen molar-refractivity contribution in [3.63, 3.8) is 0 Å². The van der Waals surface area contributed by atoms with E-state index in [2.05, 4.69) is 15.6 Å². The average Bonchev–Trinajstić information content (AvgIpc) is 3.25. The number of halogens is 1. The third-order valence-electron chi connectivity index (χ3n) is 6.13. The molecule has 2 amide bonds. The molecule has 2 atom stereocenters. The monoisotopic (exact) mass is 511 g/mol. The zero-order valence-corrected chi connectivity index (χ0v) is 21.6. The first kappa shape index (κ1) is 25.7. The maximum Gasteiger partial charge on any atom is 0.272 e. The van der Waals surface area contributed by atoms with Crippen LogP contribution in [0.25, 0.3) is 11.4 Å². The van der Waals surface area contributed by atoms with E-state index < -0.39 is 34.2 Å². The van der Waals surface area contributed by atoms with Crippen LogP contribution in [0.3, 0.4) is 0 Å². The number of hydrogen-bond acceptors (Lipinski definition) is 4. The van der Waals surface area contributed by atoms with E-state index in [9.17, 15) is 18.2 Å². The Labute approximate surface area is 212 Å². The molecule has 8 nitrogen and oxygen atoms in total. The van der Waals surface area contributed by atoms with Gasteiger partial charge in [0.05, 0.1) is 17.1 Å². The lowest BCUT2D eigenvalue weighted by Gasteiger charge is -2.30. The fourth-order valence-electron chi connectivity index (χ4n) is 4.22. The van der Waals surface area contributed by atoms with Crippen molar-refractivity contribution in [2.45, 2.75) is 44.8 Å². The second-order valence-electron chi connectivity index (χ2n) is 9.68. The van der Waals surface area contributed by atoms with Gasteiger partial charge in [-0.05, 0) is 17.5 Å². The van der Waals surface area contributed by atoms with E-state index in [1.54, 1.807) is 16.4 Å². The Bertz CT molecular complexity index is 1300. The number of fused-ring (bicyclic) bond motifs is 1. The molecule has 1 aromatic heterocycles. The van der Waals surface area contributed by atoms with Crippen LogP contribution in [0.2, 0.25) is 0 Å². The highest BCUT2D eigenvalue weighted by Gasteiger charge is 2.36. The molecule has 4 rings (SSSR count). The van der Waals surface area contributed by atoms with Crippen LogP contribution < -0.4 is 10.6 Å². The molecule has 0 radical (unpaired) electrons. The molecule has 0 fully saturated rings. The Morgan fingerprint density at radius 3 is 2.36 bits per heavy atom. The molecule has 0 saturated heterocycles. The lowest BCUT2D eigenvalue weighted by molar-refractivity contribution is -0.124. The number of hydrogen-bond donors (Lipinski definition) is 2. The molecule has 10 heteroatoms. The first-order valence-electron chi connectivity index (χ1n) is 11.7. The molecule has 0 bridgehead atoms. The second-order valence-corrected chi connectivity index (χ2v) is 11.1. The summed E-state index contributed by atoms with van der Waals surface area (Å²) in [5.41, 5.74) is 1.00. The van der Waals surface area contributed by atoms with Crippen LogP contribution in [0.4, 0.5) is 4.39 Å². The van der Waals surface area contributed by atoms with Crippen molar-refractivity contribution >= 4 is 22.8 Å². The van der Waals surface area contributed by atoms with Gasteiger partial charge in [-0.25, -0.2) is 17.9 Å². The van der Waals surface area contributed by atoms with Crippen LogP contribution in [-0.2, 0) is 28.9 Å². The number of aromatic nitrogens is 2. The van der Waals surface area contributed by atoms with E-state index in [0.717, 1.165) is 5.56 Å². The van der Waals surface area contributed by atoms with Crippen LogP contribution in [0, 0.1) is 11.2 Å². The zero-order valence-electron chi connectivity index (χ0n) is 20.7. The minimum Gasteiger partial charge on any atom is -0.357 e. The zero-order chi connectivity index (χ0) is 26.0. The molecular weight excluding hydrogens is 481 g/mol. The summed E-state index contributed by atoms with van der Waals surface area (Å²) in [6, 6.07) is 14.7.